The lowest BCUT2D eigenvalue weighted by Crippen LogP contribution is -2.20. The van der Waals surface area contributed by atoms with Gasteiger partial charge in [-0.1, -0.05) is 88.4 Å². The highest BCUT2D eigenvalue weighted by molar-refractivity contribution is 5.82. The van der Waals surface area contributed by atoms with E-state index >= 15 is 0 Å². The molecule has 2 aromatic carbocycles. The van der Waals surface area contributed by atoms with Crippen molar-refractivity contribution in [2.75, 3.05) is 0 Å². The zero-order valence-electron chi connectivity index (χ0n) is 19.2. The zero-order valence-corrected chi connectivity index (χ0v) is 19.2. The predicted molar refractivity (Wildman–Crippen MR) is 129 cm³/mol. The maximum absolute atomic E-state index is 12.9. The second-order valence-electron chi connectivity index (χ2n) is 8.84. The number of hydrogen-bond acceptors (Lipinski definition) is 1. The maximum Gasteiger partial charge on any atom is 0.258 e. The molecule has 0 N–H and O–H groups in total. The zero-order chi connectivity index (χ0) is 21.5. The number of benzene rings is 2. The average molecular weight is 404 g/mol. The molecular weight excluding hydrogens is 366 g/mol. The van der Waals surface area contributed by atoms with Gasteiger partial charge in [-0.15, -0.1) is 0 Å². The molecule has 1 fully saturated rings. The van der Waals surface area contributed by atoms with E-state index in [1.54, 1.807) is 0 Å². The molecule has 1 aliphatic rings. The summed E-state index contributed by atoms with van der Waals surface area (Å²) in [5.41, 5.74) is 3.88. The number of aryl methyl sites for hydroxylation is 1. The molecule has 2 nitrogen and oxygen atoms in total. The van der Waals surface area contributed by atoms with Crippen molar-refractivity contribution < 1.29 is 0 Å². The van der Waals surface area contributed by atoms with Crippen molar-refractivity contribution in [1.82, 2.24) is 4.57 Å². The van der Waals surface area contributed by atoms with Crippen molar-refractivity contribution in [2.45, 2.75) is 72.8 Å². The highest BCUT2D eigenvalue weighted by Gasteiger charge is 2.17. The van der Waals surface area contributed by atoms with Gasteiger partial charge in [0.2, 0.25) is 0 Å². The lowest BCUT2D eigenvalue weighted by molar-refractivity contribution is 0.444. The van der Waals surface area contributed by atoms with Gasteiger partial charge in [0.05, 0.1) is 6.54 Å². The standard InChI is InChI=1S/C26H31NO.C2H6/c1-19-4-3-5-21(9-6-19)16-23-12-13-25-24(17-23)14-15-27(26(25)28)18-22-10-7-20(2)8-11-22;1-2/h7-8,10-15,17,19,21H,3-6,9,16,18H2,1-2H3;1-2H3/t19?,21-;/m1./s1. The second kappa shape index (κ2) is 10.6. The van der Waals surface area contributed by atoms with Crippen molar-refractivity contribution in [3.63, 3.8) is 0 Å². The molecule has 2 heteroatoms. The molecule has 1 aliphatic carbocycles. The van der Waals surface area contributed by atoms with Gasteiger partial charge in [0.15, 0.2) is 0 Å². The summed E-state index contributed by atoms with van der Waals surface area (Å²) in [6.45, 7) is 9.09. The van der Waals surface area contributed by atoms with Crippen LogP contribution in [0.1, 0.15) is 69.6 Å². The first-order chi connectivity index (χ1) is 14.6. The molecule has 0 spiro atoms. The fourth-order valence-corrected chi connectivity index (χ4v) is 4.58. The fourth-order valence-electron chi connectivity index (χ4n) is 4.58. The van der Waals surface area contributed by atoms with Gasteiger partial charge in [0, 0.05) is 11.6 Å². The van der Waals surface area contributed by atoms with Crippen LogP contribution in [0, 0.1) is 18.8 Å². The van der Waals surface area contributed by atoms with Gasteiger partial charge in [0.1, 0.15) is 0 Å². The van der Waals surface area contributed by atoms with Gasteiger partial charge >= 0.3 is 0 Å². The molecular formula is C28H37NO. The van der Waals surface area contributed by atoms with E-state index in [0.717, 1.165) is 34.6 Å². The van der Waals surface area contributed by atoms with Gasteiger partial charge in [-0.2, -0.15) is 0 Å². The van der Waals surface area contributed by atoms with Gasteiger partial charge < -0.3 is 4.57 Å². The molecule has 3 aromatic rings. The minimum absolute atomic E-state index is 0.105. The van der Waals surface area contributed by atoms with E-state index in [2.05, 4.69) is 56.3 Å². The molecule has 1 saturated carbocycles. The number of fused-ring (bicyclic) bond motifs is 1. The summed E-state index contributed by atoms with van der Waals surface area (Å²) in [4.78, 5) is 12.9. The molecule has 1 unspecified atom stereocenters. The van der Waals surface area contributed by atoms with E-state index in [4.69, 9.17) is 0 Å². The highest BCUT2D eigenvalue weighted by Crippen LogP contribution is 2.29. The lowest BCUT2D eigenvalue weighted by Gasteiger charge is -2.15. The van der Waals surface area contributed by atoms with E-state index in [9.17, 15) is 4.79 Å². The Balaban J connectivity index is 0.00000124. The number of rotatable bonds is 4. The first kappa shape index (κ1) is 22.3. The van der Waals surface area contributed by atoms with Crippen molar-refractivity contribution >= 4 is 10.8 Å². The van der Waals surface area contributed by atoms with Crippen LogP contribution in [-0.4, -0.2) is 4.57 Å². The van der Waals surface area contributed by atoms with Crippen molar-refractivity contribution in [3.05, 3.63) is 81.8 Å². The molecule has 0 bridgehead atoms. The minimum Gasteiger partial charge on any atom is -0.311 e. The Morgan fingerprint density at radius 2 is 1.63 bits per heavy atom. The number of aromatic nitrogens is 1. The molecule has 4 rings (SSSR count). The number of hydrogen-bond donors (Lipinski definition) is 0. The van der Waals surface area contributed by atoms with Crippen LogP contribution in [-0.2, 0) is 13.0 Å². The third-order valence-corrected chi connectivity index (χ3v) is 6.42. The molecule has 0 saturated heterocycles. The van der Waals surface area contributed by atoms with Gasteiger partial charge in [-0.05, 0) is 60.2 Å². The van der Waals surface area contributed by atoms with Crippen molar-refractivity contribution in [2.24, 2.45) is 11.8 Å². The van der Waals surface area contributed by atoms with Gasteiger partial charge in [0.25, 0.3) is 5.56 Å². The molecule has 160 valence electrons. The fraction of sp³-hybridized carbons (Fsp3) is 0.464. The third kappa shape index (κ3) is 5.62. The largest absolute Gasteiger partial charge is 0.311 e. The Bertz CT molecular complexity index is 999. The van der Waals surface area contributed by atoms with Crippen LogP contribution in [0.25, 0.3) is 10.8 Å². The molecule has 1 aromatic heterocycles. The quantitative estimate of drug-likeness (QED) is 0.424. The first-order valence-corrected chi connectivity index (χ1v) is 11.8. The second-order valence-corrected chi connectivity index (χ2v) is 8.84. The molecule has 30 heavy (non-hydrogen) atoms. The maximum atomic E-state index is 12.9. The summed E-state index contributed by atoms with van der Waals surface area (Å²) in [5.74, 6) is 1.68. The van der Waals surface area contributed by atoms with Crippen LogP contribution >= 0.6 is 0 Å². The summed E-state index contributed by atoms with van der Waals surface area (Å²) < 4.78 is 1.82. The predicted octanol–water partition coefficient (Wildman–Crippen LogP) is 7.14. The van der Waals surface area contributed by atoms with Crippen LogP contribution in [0.15, 0.2) is 59.5 Å². The normalized spacial score (nSPS) is 19.1. The molecule has 1 heterocycles. The summed E-state index contributed by atoms with van der Waals surface area (Å²) in [7, 11) is 0. The molecule has 0 radical (unpaired) electrons. The SMILES string of the molecule is CC.Cc1ccc(Cn2ccc3cc(C[C@@H]4CCCC(C)CC4)ccc3c2=O)cc1. The average Bonchev–Trinajstić information content (AvgIpc) is 2.97. The summed E-state index contributed by atoms with van der Waals surface area (Å²) >= 11 is 0. The van der Waals surface area contributed by atoms with Gasteiger partial charge in [-0.25, -0.2) is 0 Å². The monoisotopic (exact) mass is 403 g/mol. The Kier molecular flexibility index (Phi) is 7.90. The number of nitrogens with zero attached hydrogens (tertiary/aromatic N) is 1. The Hall–Kier alpha value is -2.35. The summed E-state index contributed by atoms with van der Waals surface area (Å²) in [6.07, 6.45) is 9.90. The van der Waals surface area contributed by atoms with E-state index in [1.165, 1.54) is 43.2 Å². The summed E-state index contributed by atoms with van der Waals surface area (Å²) in [5, 5.41) is 1.90. The highest BCUT2D eigenvalue weighted by atomic mass is 16.1. The minimum atomic E-state index is 0.105. The van der Waals surface area contributed by atoms with Crippen LogP contribution in [0.4, 0.5) is 0 Å². The smallest absolute Gasteiger partial charge is 0.258 e. The molecule has 2 atom stereocenters. The number of pyridine rings is 1. The topological polar surface area (TPSA) is 22.0 Å². The van der Waals surface area contributed by atoms with E-state index in [1.807, 2.05) is 30.7 Å². The third-order valence-electron chi connectivity index (χ3n) is 6.42. The van der Waals surface area contributed by atoms with Crippen molar-refractivity contribution in [3.8, 4) is 0 Å². The van der Waals surface area contributed by atoms with Crippen LogP contribution < -0.4 is 5.56 Å². The molecule has 0 amide bonds. The van der Waals surface area contributed by atoms with Crippen LogP contribution in [0.2, 0.25) is 0 Å². The van der Waals surface area contributed by atoms with Crippen LogP contribution in [0.5, 0.6) is 0 Å². The Labute approximate surface area is 182 Å². The lowest BCUT2D eigenvalue weighted by atomic mass is 9.91. The van der Waals surface area contributed by atoms with E-state index in [-0.39, 0.29) is 5.56 Å². The first-order valence-electron chi connectivity index (χ1n) is 11.8. The Morgan fingerprint density at radius 1 is 0.900 bits per heavy atom. The van der Waals surface area contributed by atoms with Crippen LogP contribution in [0.3, 0.4) is 0 Å². The molecule has 0 aliphatic heterocycles. The van der Waals surface area contributed by atoms with Crippen molar-refractivity contribution in [1.29, 1.82) is 0 Å². The van der Waals surface area contributed by atoms with Gasteiger partial charge in [-0.3, -0.25) is 4.79 Å². The van der Waals surface area contributed by atoms with E-state index < -0.39 is 0 Å². The Morgan fingerprint density at radius 3 is 2.40 bits per heavy atom. The summed E-state index contributed by atoms with van der Waals surface area (Å²) in [6, 6.07) is 17.0. The van der Waals surface area contributed by atoms with E-state index in [0.29, 0.717) is 6.54 Å².